The summed E-state index contributed by atoms with van der Waals surface area (Å²) in [6, 6.07) is 0.977. The zero-order chi connectivity index (χ0) is 12.6. The van der Waals surface area contributed by atoms with Crippen LogP contribution in [0.3, 0.4) is 0 Å². The summed E-state index contributed by atoms with van der Waals surface area (Å²) in [4.78, 5) is 15.9. The molecule has 1 aliphatic rings. The van der Waals surface area contributed by atoms with E-state index in [9.17, 15) is 15.2 Å². The summed E-state index contributed by atoms with van der Waals surface area (Å²) < 4.78 is 1.36. The molecule has 0 aromatic carbocycles. The van der Waals surface area contributed by atoms with Gasteiger partial charge in [-0.05, 0) is 18.8 Å². The van der Waals surface area contributed by atoms with Crippen molar-refractivity contribution < 1.29 is 10.0 Å². The van der Waals surface area contributed by atoms with Gasteiger partial charge in [0.15, 0.2) is 0 Å². The number of hydrogen-bond acceptors (Lipinski definition) is 5. The van der Waals surface area contributed by atoms with Gasteiger partial charge in [-0.3, -0.25) is 4.90 Å². The van der Waals surface area contributed by atoms with E-state index in [0.717, 1.165) is 0 Å². The topological polar surface area (TPSA) is 84.2 Å². The van der Waals surface area contributed by atoms with Gasteiger partial charge < -0.3 is 15.2 Å². The monoisotopic (exact) mass is 240 g/mol. The Hall–Kier alpha value is -1.47. The standard InChI is InChI=1S/C10H16N4O3/c1-7-8(2)13(7)6-9(15)5-12-4-3-11-10(12)14(16)17/h3-4,7-9,15H,5-6H2,1-2H3/t7-,8+,9?,13?. The van der Waals surface area contributed by atoms with Crippen molar-refractivity contribution in [3.8, 4) is 0 Å². The molecule has 2 unspecified atom stereocenters. The molecular weight excluding hydrogens is 224 g/mol. The van der Waals surface area contributed by atoms with Crippen LogP contribution in [0.5, 0.6) is 0 Å². The zero-order valence-corrected chi connectivity index (χ0v) is 9.85. The summed E-state index contributed by atoms with van der Waals surface area (Å²) in [5.74, 6) is -0.226. The molecule has 1 aliphatic heterocycles. The van der Waals surface area contributed by atoms with Crippen LogP contribution in [-0.2, 0) is 6.54 Å². The highest BCUT2D eigenvalue weighted by Gasteiger charge is 2.40. The van der Waals surface area contributed by atoms with Crippen molar-refractivity contribution in [3.63, 3.8) is 0 Å². The van der Waals surface area contributed by atoms with E-state index in [-0.39, 0.29) is 12.5 Å². The first-order valence-corrected chi connectivity index (χ1v) is 5.60. The minimum atomic E-state index is -0.615. The van der Waals surface area contributed by atoms with Crippen LogP contribution in [0.15, 0.2) is 12.4 Å². The van der Waals surface area contributed by atoms with Crippen LogP contribution in [0.25, 0.3) is 0 Å². The van der Waals surface area contributed by atoms with Gasteiger partial charge in [-0.1, -0.05) is 4.98 Å². The molecule has 1 fully saturated rings. The second-order valence-electron chi connectivity index (χ2n) is 4.47. The number of rotatable bonds is 5. The maximum atomic E-state index is 10.6. The number of β-amino-alcohol motifs (C(OH)–C–C–N with tert-alkyl or cyclic N) is 1. The third kappa shape index (κ3) is 2.45. The van der Waals surface area contributed by atoms with Gasteiger partial charge in [-0.2, -0.15) is 0 Å². The predicted octanol–water partition coefficient (Wildman–Crippen LogP) is 0.245. The van der Waals surface area contributed by atoms with Gasteiger partial charge in [-0.25, -0.2) is 4.57 Å². The Kier molecular flexibility index (Phi) is 3.12. The van der Waals surface area contributed by atoms with Gasteiger partial charge in [0.1, 0.15) is 12.4 Å². The predicted molar refractivity (Wildman–Crippen MR) is 60.5 cm³/mol. The van der Waals surface area contributed by atoms with Gasteiger partial charge in [-0.15, -0.1) is 0 Å². The van der Waals surface area contributed by atoms with Gasteiger partial charge in [0.25, 0.3) is 0 Å². The van der Waals surface area contributed by atoms with E-state index in [1.807, 2.05) is 0 Å². The molecular formula is C10H16N4O3. The van der Waals surface area contributed by atoms with Crippen LogP contribution in [-0.4, -0.2) is 49.2 Å². The molecule has 2 rings (SSSR count). The van der Waals surface area contributed by atoms with E-state index < -0.39 is 11.0 Å². The van der Waals surface area contributed by atoms with Crippen molar-refractivity contribution in [1.29, 1.82) is 0 Å². The highest BCUT2D eigenvalue weighted by Crippen LogP contribution is 2.27. The number of nitro groups is 1. The molecule has 1 aromatic rings. The molecule has 7 nitrogen and oxygen atoms in total. The Morgan fingerprint density at radius 1 is 1.53 bits per heavy atom. The smallest absolute Gasteiger partial charge is 0.390 e. The first-order chi connectivity index (χ1) is 8.00. The number of aromatic nitrogens is 2. The maximum absolute atomic E-state index is 10.6. The summed E-state index contributed by atoms with van der Waals surface area (Å²) in [5, 5.41) is 20.5. The van der Waals surface area contributed by atoms with E-state index in [1.54, 1.807) is 0 Å². The molecule has 0 saturated carbocycles. The number of nitrogens with zero attached hydrogens (tertiary/aromatic N) is 4. The number of aliphatic hydroxyl groups excluding tert-OH is 1. The third-order valence-electron chi connectivity index (χ3n) is 3.34. The van der Waals surface area contributed by atoms with Crippen LogP contribution in [0.4, 0.5) is 5.95 Å². The normalized spacial score (nSPS) is 29.0. The summed E-state index contributed by atoms with van der Waals surface area (Å²) in [7, 11) is 0. The number of hydrogen-bond donors (Lipinski definition) is 1. The van der Waals surface area contributed by atoms with Gasteiger partial charge >= 0.3 is 5.95 Å². The van der Waals surface area contributed by atoms with Crippen molar-refractivity contribution in [2.24, 2.45) is 0 Å². The Morgan fingerprint density at radius 3 is 2.71 bits per heavy atom. The summed E-state index contributed by atoms with van der Waals surface area (Å²) in [6.45, 7) is 4.93. The number of aliphatic hydroxyl groups is 1. The molecule has 1 saturated heterocycles. The molecule has 94 valence electrons. The lowest BCUT2D eigenvalue weighted by molar-refractivity contribution is -0.397. The van der Waals surface area contributed by atoms with Crippen LogP contribution in [0.2, 0.25) is 0 Å². The van der Waals surface area contributed by atoms with E-state index in [4.69, 9.17) is 0 Å². The molecule has 1 aromatic heterocycles. The minimum absolute atomic E-state index is 0.201. The van der Waals surface area contributed by atoms with E-state index in [2.05, 4.69) is 23.7 Å². The summed E-state index contributed by atoms with van der Waals surface area (Å²) >= 11 is 0. The first kappa shape index (κ1) is 12.0. The quantitative estimate of drug-likeness (QED) is 0.453. The Balaban J connectivity index is 1.92. The van der Waals surface area contributed by atoms with Gasteiger partial charge in [0.05, 0.1) is 12.6 Å². The molecule has 7 heteroatoms. The Labute approximate surface area is 98.8 Å². The highest BCUT2D eigenvalue weighted by molar-refractivity contribution is 5.07. The van der Waals surface area contributed by atoms with Crippen LogP contribution in [0, 0.1) is 10.1 Å². The van der Waals surface area contributed by atoms with Crippen molar-refractivity contribution in [3.05, 3.63) is 22.5 Å². The summed E-state index contributed by atoms with van der Waals surface area (Å²) in [5.41, 5.74) is 0. The van der Waals surface area contributed by atoms with Gasteiger partial charge in [0.2, 0.25) is 0 Å². The molecule has 0 spiro atoms. The molecule has 0 radical (unpaired) electrons. The fourth-order valence-electron chi connectivity index (χ4n) is 2.06. The fourth-order valence-corrected chi connectivity index (χ4v) is 2.06. The molecule has 4 atom stereocenters. The zero-order valence-electron chi connectivity index (χ0n) is 9.85. The largest absolute Gasteiger partial charge is 0.434 e. The Morgan fingerprint density at radius 2 is 2.18 bits per heavy atom. The first-order valence-electron chi connectivity index (χ1n) is 5.60. The van der Waals surface area contributed by atoms with Gasteiger partial charge in [0, 0.05) is 18.6 Å². The van der Waals surface area contributed by atoms with Crippen LogP contribution >= 0.6 is 0 Å². The lowest BCUT2D eigenvalue weighted by Crippen LogP contribution is -2.26. The molecule has 17 heavy (non-hydrogen) atoms. The maximum Gasteiger partial charge on any atom is 0.434 e. The lowest BCUT2D eigenvalue weighted by Gasteiger charge is -2.11. The lowest BCUT2D eigenvalue weighted by atomic mass is 10.3. The van der Waals surface area contributed by atoms with Crippen molar-refractivity contribution in [1.82, 2.24) is 14.5 Å². The minimum Gasteiger partial charge on any atom is -0.390 e. The van der Waals surface area contributed by atoms with E-state index in [1.165, 1.54) is 17.0 Å². The van der Waals surface area contributed by atoms with Crippen LogP contribution < -0.4 is 0 Å². The molecule has 0 bridgehead atoms. The fraction of sp³-hybridized carbons (Fsp3) is 0.700. The van der Waals surface area contributed by atoms with E-state index in [0.29, 0.717) is 18.6 Å². The molecule has 2 heterocycles. The third-order valence-corrected chi connectivity index (χ3v) is 3.34. The van der Waals surface area contributed by atoms with Crippen molar-refractivity contribution in [2.75, 3.05) is 6.54 Å². The number of imidazole rings is 1. The highest BCUT2D eigenvalue weighted by atomic mass is 16.6. The average Bonchev–Trinajstić information content (AvgIpc) is 2.71. The average molecular weight is 240 g/mol. The van der Waals surface area contributed by atoms with Crippen molar-refractivity contribution in [2.45, 2.75) is 38.6 Å². The van der Waals surface area contributed by atoms with Crippen molar-refractivity contribution >= 4 is 5.95 Å². The molecule has 1 N–H and O–H groups in total. The Bertz CT molecular complexity index is 411. The summed E-state index contributed by atoms with van der Waals surface area (Å²) in [6.07, 6.45) is 2.26. The van der Waals surface area contributed by atoms with E-state index >= 15 is 0 Å². The SMILES string of the molecule is C[C@@H]1[C@H](C)N1CC(O)Cn1ccnc1[N+](=O)[O-]. The van der Waals surface area contributed by atoms with Crippen LogP contribution in [0.1, 0.15) is 13.8 Å². The molecule has 0 aliphatic carbocycles. The molecule has 0 amide bonds. The second kappa shape index (κ2) is 4.42. The second-order valence-corrected chi connectivity index (χ2v) is 4.47.